The fourth-order valence-corrected chi connectivity index (χ4v) is 2.30. The molecule has 0 spiro atoms. The zero-order chi connectivity index (χ0) is 15.3. The molecule has 1 unspecified atom stereocenters. The number of nitro groups is 1. The molecule has 20 heavy (non-hydrogen) atoms. The summed E-state index contributed by atoms with van der Waals surface area (Å²) in [5.74, 6) is 0.120. The van der Waals surface area contributed by atoms with Crippen LogP contribution in [0.15, 0.2) is 18.2 Å². The van der Waals surface area contributed by atoms with Crippen LogP contribution in [0.25, 0.3) is 0 Å². The summed E-state index contributed by atoms with van der Waals surface area (Å²) in [7, 11) is 0. The number of aryl methyl sites for hydroxylation is 1. The van der Waals surface area contributed by atoms with Crippen molar-refractivity contribution in [3.63, 3.8) is 0 Å². The lowest BCUT2D eigenvalue weighted by Crippen LogP contribution is -2.30. The van der Waals surface area contributed by atoms with Crippen LogP contribution in [0.3, 0.4) is 0 Å². The molecule has 0 aliphatic heterocycles. The average Bonchev–Trinajstić information content (AvgIpc) is 2.35. The highest BCUT2D eigenvalue weighted by atomic mass is 35.5. The smallest absolute Gasteiger partial charge is 0.270 e. The third-order valence-electron chi connectivity index (χ3n) is 2.89. The van der Waals surface area contributed by atoms with E-state index in [1.54, 1.807) is 13.0 Å². The number of hydrogen-bond donors (Lipinski definition) is 1. The Hall–Kier alpha value is -1.62. The first kappa shape index (κ1) is 16.4. The predicted molar refractivity (Wildman–Crippen MR) is 79.3 cm³/mol. The zero-order valence-electron chi connectivity index (χ0n) is 11.9. The van der Waals surface area contributed by atoms with Gasteiger partial charge in [-0.05, 0) is 24.8 Å². The highest BCUT2D eigenvalue weighted by Gasteiger charge is 2.16. The average molecular weight is 299 g/mol. The normalized spacial score (nSPS) is 12.2. The summed E-state index contributed by atoms with van der Waals surface area (Å²) in [4.78, 5) is 22.3. The first-order valence-corrected chi connectivity index (χ1v) is 6.92. The van der Waals surface area contributed by atoms with Gasteiger partial charge in [-0.3, -0.25) is 14.9 Å². The Kier molecular flexibility index (Phi) is 5.95. The van der Waals surface area contributed by atoms with Gasteiger partial charge in [0, 0.05) is 24.2 Å². The summed E-state index contributed by atoms with van der Waals surface area (Å²) in [5, 5.41) is 13.3. The first-order chi connectivity index (χ1) is 9.31. The Morgan fingerprint density at radius 3 is 2.65 bits per heavy atom. The predicted octanol–water partition coefficient (Wildman–Crippen LogP) is 3.29. The molecule has 0 saturated heterocycles. The van der Waals surface area contributed by atoms with Gasteiger partial charge in [0.25, 0.3) is 11.6 Å². The van der Waals surface area contributed by atoms with Crippen LogP contribution < -0.4 is 5.32 Å². The lowest BCUT2D eigenvalue weighted by molar-refractivity contribution is -0.384. The van der Waals surface area contributed by atoms with E-state index in [2.05, 4.69) is 19.2 Å². The number of non-ortho nitro benzene ring substituents is 1. The van der Waals surface area contributed by atoms with Crippen LogP contribution in [-0.2, 0) is 0 Å². The molecule has 1 atom stereocenters. The first-order valence-electron chi connectivity index (χ1n) is 6.48. The molecule has 0 aliphatic rings. The Balaban J connectivity index is 2.72. The number of benzene rings is 1. The maximum Gasteiger partial charge on any atom is 0.270 e. The molecule has 1 amide bonds. The summed E-state index contributed by atoms with van der Waals surface area (Å²) in [5.41, 5.74) is 0.918. The number of nitro benzene ring substituents is 1. The zero-order valence-corrected chi connectivity index (χ0v) is 12.6. The largest absolute Gasteiger partial charge is 0.351 e. The summed E-state index contributed by atoms with van der Waals surface area (Å²) in [6, 6.07) is 4.24. The van der Waals surface area contributed by atoms with Crippen LogP contribution >= 0.6 is 11.6 Å². The minimum Gasteiger partial charge on any atom is -0.351 e. The van der Waals surface area contributed by atoms with Crippen molar-refractivity contribution in [2.45, 2.75) is 32.6 Å². The molecule has 5 nitrogen and oxygen atoms in total. The lowest BCUT2D eigenvalue weighted by Gasteiger charge is -2.13. The molecule has 0 fully saturated rings. The third kappa shape index (κ3) is 4.81. The summed E-state index contributed by atoms with van der Waals surface area (Å²) >= 11 is 6.11. The Morgan fingerprint density at radius 1 is 1.45 bits per heavy atom. The van der Waals surface area contributed by atoms with Crippen LogP contribution in [0.4, 0.5) is 5.69 Å². The molecule has 0 saturated carbocycles. The highest BCUT2D eigenvalue weighted by molar-refractivity contribution is 6.21. The second-order valence-electron chi connectivity index (χ2n) is 5.19. The summed E-state index contributed by atoms with van der Waals surface area (Å²) in [6.07, 6.45) is 0.801. The molecule has 1 N–H and O–H groups in total. The molecule has 6 heteroatoms. The van der Waals surface area contributed by atoms with Crippen LogP contribution in [0.2, 0.25) is 0 Å². The number of halogens is 1. The number of carbonyl (C=O) groups excluding carboxylic acids is 1. The van der Waals surface area contributed by atoms with E-state index < -0.39 is 4.92 Å². The number of nitrogens with zero attached hydrogens (tertiary/aromatic N) is 1. The molecule has 0 radical (unpaired) electrons. The molecule has 1 rings (SSSR count). The summed E-state index contributed by atoms with van der Waals surface area (Å²) < 4.78 is 0. The standard InChI is InChI=1S/C14H19ClN2O3/c1-9(2)6-11(15)8-16-14(18)13-7-12(17(19)20)5-4-10(13)3/h4-5,7,9,11H,6,8H2,1-3H3,(H,16,18). The molecule has 110 valence electrons. The van der Waals surface area contributed by atoms with Crippen molar-refractivity contribution in [1.82, 2.24) is 5.32 Å². The monoisotopic (exact) mass is 298 g/mol. The van der Waals surface area contributed by atoms with E-state index in [9.17, 15) is 14.9 Å². The second kappa shape index (κ2) is 7.24. The van der Waals surface area contributed by atoms with Gasteiger partial charge >= 0.3 is 0 Å². The Bertz CT molecular complexity index is 503. The number of rotatable bonds is 6. The van der Waals surface area contributed by atoms with Crippen molar-refractivity contribution in [3.8, 4) is 0 Å². The van der Waals surface area contributed by atoms with E-state index in [4.69, 9.17) is 11.6 Å². The van der Waals surface area contributed by atoms with Crippen LogP contribution in [-0.4, -0.2) is 22.8 Å². The van der Waals surface area contributed by atoms with Gasteiger partial charge in [-0.1, -0.05) is 19.9 Å². The van der Waals surface area contributed by atoms with E-state index in [0.717, 1.165) is 6.42 Å². The second-order valence-corrected chi connectivity index (χ2v) is 5.81. The quantitative estimate of drug-likeness (QED) is 0.497. The third-order valence-corrected chi connectivity index (χ3v) is 3.22. The topological polar surface area (TPSA) is 72.2 Å². The van der Waals surface area contributed by atoms with Gasteiger partial charge < -0.3 is 5.32 Å². The van der Waals surface area contributed by atoms with E-state index in [-0.39, 0.29) is 17.0 Å². The molecule has 0 heterocycles. The highest BCUT2D eigenvalue weighted by Crippen LogP contribution is 2.17. The number of alkyl halides is 1. The molecular formula is C14H19ClN2O3. The van der Waals surface area contributed by atoms with Crippen molar-refractivity contribution in [3.05, 3.63) is 39.4 Å². The summed E-state index contributed by atoms with van der Waals surface area (Å²) in [6.45, 7) is 6.20. The van der Waals surface area contributed by atoms with Gasteiger partial charge in [0.05, 0.1) is 10.3 Å². The Labute approximate surface area is 123 Å². The van der Waals surface area contributed by atoms with Crippen molar-refractivity contribution in [2.75, 3.05) is 6.54 Å². The molecule has 0 bridgehead atoms. The van der Waals surface area contributed by atoms with Crippen molar-refractivity contribution >= 4 is 23.2 Å². The minimum absolute atomic E-state index is 0.0923. The minimum atomic E-state index is -0.515. The molecule has 0 aromatic heterocycles. The van der Waals surface area contributed by atoms with Gasteiger partial charge in [0.2, 0.25) is 0 Å². The van der Waals surface area contributed by atoms with Crippen LogP contribution in [0.5, 0.6) is 0 Å². The molecule has 1 aromatic carbocycles. The molecule has 1 aromatic rings. The number of nitrogens with one attached hydrogen (secondary N) is 1. The molecular weight excluding hydrogens is 280 g/mol. The van der Waals surface area contributed by atoms with Gasteiger partial charge in [-0.15, -0.1) is 11.6 Å². The van der Waals surface area contributed by atoms with E-state index in [0.29, 0.717) is 23.6 Å². The van der Waals surface area contributed by atoms with Crippen molar-refractivity contribution < 1.29 is 9.72 Å². The van der Waals surface area contributed by atoms with E-state index >= 15 is 0 Å². The van der Waals surface area contributed by atoms with Gasteiger partial charge in [0.15, 0.2) is 0 Å². The van der Waals surface area contributed by atoms with Crippen molar-refractivity contribution in [2.24, 2.45) is 5.92 Å². The van der Waals surface area contributed by atoms with Crippen LogP contribution in [0, 0.1) is 23.0 Å². The van der Waals surface area contributed by atoms with Crippen LogP contribution in [0.1, 0.15) is 36.2 Å². The molecule has 0 aliphatic carbocycles. The SMILES string of the molecule is Cc1ccc([N+](=O)[O-])cc1C(=O)NCC(Cl)CC(C)C. The maximum atomic E-state index is 12.0. The van der Waals surface area contributed by atoms with E-state index in [1.807, 2.05) is 0 Å². The number of amides is 1. The van der Waals surface area contributed by atoms with Gasteiger partial charge in [0.1, 0.15) is 0 Å². The fraction of sp³-hybridized carbons (Fsp3) is 0.500. The lowest BCUT2D eigenvalue weighted by atomic mass is 10.1. The number of hydrogen-bond acceptors (Lipinski definition) is 3. The maximum absolute atomic E-state index is 12.0. The van der Waals surface area contributed by atoms with E-state index in [1.165, 1.54) is 12.1 Å². The van der Waals surface area contributed by atoms with Gasteiger partial charge in [-0.25, -0.2) is 0 Å². The Morgan fingerprint density at radius 2 is 2.10 bits per heavy atom. The van der Waals surface area contributed by atoms with Crippen molar-refractivity contribution in [1.29, 1.82) is 0 Å². The number of carbonyl (C=O) groups is 1. The van der Waals surface area contributed by atoms with Gasteiger partial charge in [-0.2, -0.15) is 0 Å². The fourth-order valence-electron chi connectivity index (χ4n) is 1.86.